The number of hydrogen-bond acceptors (Lipinski definition) is 4. The summed E-state index contributed by atoms with van der Waals surface area (Å²) in [7, 11) is 1.47. The zero-order chi connectivity index (χ0) is 18.7. The molecule has 1 saturated heterocycles. The standard InChI is InChI=1S/C20H32BrNO3S/c1-12-7-9-13(10-8-12)15-11-26-19(17(15)20(24)25-2)22-18(23)14-5-3-4-6-16(14)21/h12-17,19H,3-11H2,1-2H3,(H,22,23). The Kier molecular flexibility index (Phi) is 7.34. The van der Waals surface area contributed by atoms with Crippen LogP contribution in [0.1, 0.15) is 58.3 Å². The van der Waals surface area contributed by atoms with Gasteiger partial charge in [-0.1, -0.05) is 48.5 Å². The van der Waals surface area contributed by atoms with Crippen molar-refractivity contribution in [2.45, 2.75) is 68.5 Å². The maximum atomic E-state index is 12.8. The van der Waals surface area contributed by atoms with Gasteiger partial charge in [0.1, 0.15) is 0 Å². The average Bonchev–Trinajstić information content (AvgIpc) is 3.05. The molecule has 3 rings (SSSR count). The second-order valence-electron chi connectivity index (χ2n) is 8.40. The Labute approximate surface area is 170 Å². The van der Waals surface area contributed by atoms with E-state index in [0.29, 0.717) is 11.8 Å². The molecule has 1 heterocycles. The number of hydrogen-bond donors (Lipinski definition) is 1. The molecule has 1 aliphatic heterocycles. The molecule has 4 nitrogen and oxygen atoms in total. The van der Waals surface area contributed by atoms with E-state index in [9.17, 15) is 9.59 Å². The summed E-state index contributed by atoms with van der Waals surface area (Å²) < 4.78 is 5.14. The molecule has 1 N–H and O–H groups in total. The number of methoxy groups -OCH3 is 1. The van der Waals surface area contributed by atoms with E-state index in [0.717, 1.165) is 30.9 Å². The van der Waals surface area contributed by atoms with Gasteiger partial charge in [0.25, 0.3) is 0 Å². The first kappa shape index (κ1) is 20.5. The zero-order valence-corrected chi connectivity index (χ0v) is 18.3. The number of ether oxygens (including phenoxy) is 1. The number of halogens is 1. The van der Waals surface area contributed by atoms with Crippen LogP contribution in [0.5, 0.6) is 0 Å². The average molecular weight is 446 g/mol. The van der Waals surface area contributed by atoms with Crippen molar-refractivity contribution in [3.05, 3.63) is 0 Å². The van der Waals surface area contributed by atoms with Gasteiger partial charge in [0.15, 0.2) is 0 Å². The molecular formula is C20H32BrNO3S. The lowest BCUT2D eigenvalue weighted by atomic mass is 9.72. The van der Waals surface area contributed by atoms with Crippen LogP contribution >= 0.6 is 27.7 Å². The SMILES string of the molecule is COC(=O)C1C(NC(=O)C2CCCCC2Br)SCC1C1CCC(C)CC1. The number of nitrogens with one attached hydrogen (secondary N) is 1. The van der Waals surface area contributed by atoms with Crippen LogP contribution in [0.3, 0.4) is 0 Å². The molecule has 0 aromatic rings. The van der Waals surface area contributed by atoms with Crippen LogP contribution in [0, 0.1) is 29.6 Å². The highest BCUT2D eigenvalue weighted by Crippen LogP contribution is 2.46. The summed E-state index contributed by atoms with van der Waals surface area (Å²) in [5, 5.41) is 3.08. The van der Waals surface area contributed by atoms with E-state index in [4.69, 9.17) is 4.74 Å². The topological polar surface area (TPSA) is 55.4 Å². The highest BCUT2D eigenvalue weighted by Gasteiger charge is 2.47. The zero-order valence-electron chi connectivity index (χ0n) is 15.9. The summed E-state index contributed by atoms with van der Waals surface area (Å²) in [6.07, 6.45) is 9.20. The van der Waals surface area contributed by atoms with Crippen molar-refractivity contribution in [2.24, 2.45) is 29.6 Å². The largest absolute Gasteiger partial charge is 0.469 e. The third-order valence-electron chi connectivity index (χ3n) is 6.70. The predicted octanol–water partition coefficient (Wildman–Crippen LogP) is 4.36. The van der Waals surface area contributed by atoms with Crippen LogP contribution in [0.4, 0.5) is 0 Å². The summed E-state index contributed by atoms with van der Waals surface area (Å²) in [5.74, 6) is 2.45. The van der Waals surface area contributed by atoms with Crippen LogP contribution in [0.15, 0.2) is 0 Å². The second-order valence-corrected chi connectivity index (χ2v) is 10.8. The summed E-state index contributed by atoms with van der Waals surface area (Å²) in [4.78, 5) is 25.7. The van der Waals surface area contributed by atoms with Crippen molar-refractivity contribution in [1.29, 1.82) is 0 Å². The van der Waals surface area contributed by atoms with Crippen molar-refractivity contribution >= 4 is 39.6 Å². The van der Waals surface area contributed by atoms with Gasteiger partial charge in [-0.05, 0) is 49.2 Å². The number of alkyl halides is 1. The van der Waals surface area contributed by atoms with Crippen LogP contribution in [0.2, 0.25) is 0 Å². The van der Waals surface area contributed by atoms with Crippen LogP contribution in [-0.4, -0.2) is 34.9 Å². The van der Waals surface area contributed by atoms with Gasteiger partial charge in [-0.3, -0.25) is 9.59 Å². The molecular weight excluding hydrogens is 414 g/mol. The molecule has 0 spiro atoms. The fraction of sp³-hybridized carbons (Fsp3) is 0.900. The molecule has 0 bridgehead atoms. The monoisotopic (exact) mass is 445 g/mol. The van der Waals surface area contributed by atoms with E-state index in [1.807, 2.05) is 0 Å². The lowest BCUT2D eigenvalue weighted by molar-refractivity contribution is -0.148. The molecule has 0 aromatic heterocycles. The molecule has 3 aliphatic rings. The molecule has 3 fully saturated rings. The predicted molar refractivity (Wildman–Crippen MR) is 109 cm³/mol. The minimum absolute atomic E-state index is 0.0252. The number of esters is 1. The van der Waals surface area contributed by atoms with Crippen molar-refractivity contribution in [1.82, 2.24) is 5.32 Å². The molecule has 2 saturated carbocycles. The van der Waals surface area contributed by atoms with Crippen molar-refractivity contribution in [3.63, 3.8) is 0 Å². The first-order valence-corrected chi connectivity index (χ1v) is 12.1. The van der Waals surface area contributed by atoms with Gasteiger partial charge in [0, 0.05) is 4.83 Å². The summed E-state index contributed by atoms with van der Waals surface area (Å²) in [5.41, 5.74) is 0. The minimum Gasteiger partial charge on any atom is -0.469 e. The molecule has 6 heteroatoms. The third kappa shape index (κ3) is 4.60. The van der Waals surface area contributed by atoms with E-state index in [1.165, 1.54) is 39.2 Å². The van der Waals surface area contributed by atoms with Crippen LogP contribution < -0.4 is 5.32 Å². The van der Waals surface area contributed by atoms with Crippen molar-refractivity contribution in [2.75, 3.05) is 12.9 Å². The van der Waals surface area contributed by atoms with E-state index in [1.54, 1.807) is 11.8 Å². The first-order chi connectivity index (χ1) is 12.5. The molecule has 2 aliphatic carbocycles. The van der Waals surface area contributed by atoms with E-state index in [-0.39, 0.29) is 33.9 Å². The van der Waals surface area contributed by atoms with Gasteiger partial charge in [-0.15, -0.1) is 11.8 Å². The maximum Gasteiger partial charge on any atom is 0.311 e. The van der Waals surface area contributed by atoms with E-state index in [2.05, 4.69) is 28.2 Å². The Morgan fingerprint density at radius 2 is 1.77 bits per heavy atom. The smallest absolute Gasteiger partial charge is 0.311 e. The van der Waals surface area contributed by atoms with Gasteiger partial charge in [-0.25, -0.2) is 0 Å². The summed E-state index contributed by atoms with van der Waals surface area (Å²) in [6.45, 7) is 2.32. The Morgan fingerprint density at radius 3 is 2.42 bits per heavy atom. The molecule has 148 valence electrons. The fourth-order valence-electron chi connectivity index (χ4n) is 4.98. The minimum atomic E-state index is -0.204. The molecule has 26 heavy (non-hydrogen) atoms. The Balaban J connectivity index is 1.66. The second kappa shape index (κ2) is 9.31. The van der Waals surface area contributed by atoms with Gasteiger partial charge in [0.05, 0.1) is 24.3 Å². The van der Waals surface area contributed by atoms with Gasteiger partial charge in [-0.2, -0.15) is 0 Å². The number of carbonyl (C=O) groups is 2. The van der Waals surface area contributed by atoms with E-state index < -0.39 is 0 Å². The molecule has 5 unspecified atom stereocenters. The highest BCUT2D eigenvalue weighted by molar-refractivity contribution is 9.09. The fourth-order valence-corrected chi connectivity index (χ4v) is 7.44. The Bertz CT molecular complexity index is 509. The van der Waals surface area contributed by atoms with Crippen molar-refractivity contribution < 1.29 is 14.3 Å². The normalized spacial score (nSPS) is 40.8. The first-order valence-electron chi connectivity index (χ1n) is 10.1. The number of rotatable bonds is 4. The van der Waals surface area contributed by atoms with Crippen LogP contribution in [0.25, 0.3) is 0 Å². The quantitative estimate of drug-likeness (QED) is 0.515. The lowest BCUT2D eigenvalue weighted by Gasteiger charge is -2.34. The number of amides is 1. The van der Waals surface area contributed by atoms with Gasteiger partial charge >= 0.3 is 5.97 Å². The van der Waals surface area contributed by atoms with Crippen LogP contribution in [-0.2, 0) is 14.3 Å². The maximum absolute atomic E-state index is 12.8. The summed E-state index contributed by atoms with van der Waals surface area (Å²) >= 11 is 5.43. The summed E-state index contributed by atoms with van der Waals surface area (Å²) in [6, 6.07) is 0. The van der Waals surface area contributed by atoms with Crippen molar-refractivity contribution in [3.8, 4) is 0 Å². The number of thioether (sulfide) groups is 1. The third-order valence-corrected chi connectivity index (χ3v) is 9.14. The molecule has 0 radical (unpaired) electrons. The molecule has 1 amide bonds. The van der Waals surface area contributed by atoms with E-state index >= 15 is 0 Å². The Hall–Kier alpha value is -0.230. The lowest BCUT2D eigenvalue weighted by Crippen LogP contribution is -2.46. The van der Waals surface area contributed by atoms with Gasteiger partial charge < -0.3 is 10.1 Å². The Morgan fingerprint density at radius 1 is 1.08 bits per heavy atom. The molecule has 5 atom stereocenters. The molecule has 0 aromatic carbocycles. The van der Waals surface area contributed by atoms with Gasteiger partial charge in [0.2, 0.25) is 5.91 Å². The highest BCUT2D eigenvalue weighted by atomic mass is 79.9. The number of carbonyl (C=O) groups excluding carboxylic acids is 2.